The summed E-state index contributed by atoms with van der Waals surface area (Å²) in [5.41, 5.74) is 8.91. The predicted octanol–water partition coefficient (Wildman–Crippen LogP) is 1.68. The summed E-state index contributed by atoms with van der Waals surface area (Å²) in [6.07, 6.45) is 0.961. The topological polar surface area (TPSA) is 76.1 Å². The molecule has 1 rings (SSSR count). The minimum absolute atomic E-state index is 0.207. The lowest BCUT2D eigenvalue weighted by molar-refractivity contribution is -0.142. The molecule has 0 radical (unpaired) electrons. The van der Waals surface area contributed by atoms with Gasteiger partial charge in [0.25, 0.3) is 0 Å². The van der Waals surface area contributed by atoms with Crippen LogP contribution in [0.4, 0.5) is 0 Å². The molecule has 0 fully saturated rings. The lowest BCUT2D eigenvalue weighted by atomic mass is 9.95. The van der Waals surface area contributed by atoms with Gasteiger partial charge in [-0.3, -0.25) is 4.79 Å². The van der Waals surface area contributed by atoms with Crippen LogP contribution in [-0.4, -0.2) is 12.6 Å². The van der Waals surface area contributed by atoms with E-state index in [9.17, 15) is 4.79 Å². The Morgan fingerprint density at radius 3 is 2.56 bits per heavy atom. The fourth-order valence-electron chi connectivity index (χ4n) is 1.86. The number of carbonyl (C=O) groups excluding carboxylic acids is 1. The van der Waals surface area contributed by atoms with E-state index in [1.54, 1.807) is 13.0 Å². The Bertz CT molecular complexity index is 475. The molecule has 0 aromatic heterocycles. The molecule has 0 bridgehead atoms. The van der Waals surface area contributed by atoms with Gasteiger partial charge in [-0.05, 0) is 36.1 Å². The summed E-state index contributed by atoms with van der Waals surface area (Å²) in [7, 11) is 0. The van der Waals surface area contributed by atoms with Crippen LogP contribution in [-0.2, 0) is 28.9 Å². The van der Waals surface area contributed by atoms with Crippen LogP contribution in [0.5, 0.6) is 0 Å². The van der Waals surface area contributed by atoms with E-state index in [1.807, 2.05) is 13.0 Å². The Kier molecular flexibility index (Phi) is 5.34. The summed E-state index contributed by atoms with van der Waals surface area (Å²) < 4.78 is 4.93. The quantitative estimate of drug-likeness (QED) is 0.802. The van der Waals surface area contributed by atoms with E-state index in [4.69, 9.17) is 15.7 Å². The fraction of sp³-hybridized carbons (Fsp3) is 0.429. The normalized spacial score (nSPS) is 9.89. The first kappa shape index (κ1) is 14.2. The summed E-state index contributed by atoms with van der Waals surface area (Å²) in [6, 6.07) is 5.81. The summed E-state index contributed by atoms with van der Waals surface area (Å²) >= 11 is 0. The first-order chi connectivity index (χ1) is 8.65. The van der Waals surface area contributed by atoms with E-state index in [0.717, 1.165) is 23.1 Å². The highest BCUT2D eigenvalue weighted by atomic mass is 16.5. The third kappa shape index (κ3) is 3.31. The molecular formula is C14H18N2O2. The van der Waals surface area contributed by atoms with Crippen molar-refractivity contribution in [1.29, 1.82) is 5.26 Å². The number of hydrogen-bond acceptors (Lipinski definition) is 4. The zero-order valence-corrected chi connectivity index (χ0v) is 10.8. The summed E-state index contributed by atoms with van der Waals surface area (Å²) in [6.45, 7) is 4.44. The number of nitrogens with two attached hydrogens (primary N) is 1. The average molecular weight is 246 g/mol. The molecule has 0 amide bonds. The van der Waals surface area contributed by atoms with Gasteiger partial charge in [0.15, 0.2) is 0 Å². The van der Waals surface area contributed by atoms with Crippen molar-refractivity contribution in [3.8, 4) is 6.07 Å². The zero-order valence-electron chi connectivity index (χ0n) is 10.8. The highest BCUT2D eigenvalue weighted by molar-refractivity contribution is 5.73. The van der Waals surface area contributed by atoms with Gasteiger partial charge in [0.1, 0.15) is 0 Å². The Labute approximate surface area is 107 Å². The number of aryl methyl sites for hydroxylation is 1. The maximum absolute atomic E-state index is 11.5. The number of carbonyl (C=O) groups is 1. The molecule has 0 unspecified atom stereocenters. The van der Waals surface area contributed by atoms with Crippen molar-refractivity contribution in [1.82, 2.24) is 0 Å². The first-order valence-electron chi connectivity index (χ1n) is 6.06. The number of nitrogens with zero attached hydrogens (tertiary/aromatic N) is 1. The van der Waals surface area contributed by atoms with Gasteiger partial charge in [0.2, 0.25) is 0 Å². The minimum atomic E-state index is -0.265. The van der Waals surface area contributed by atoms with Crippen molar-refractivity contribution < 1.29 is 9.53 Å². The van der Waals surface area contributed by atoms with E-state index in [1.165, 1.54) is 0 Å². The number of nitriles is 1. The molecule has 4 heteroatoms. The van der Waals surface area contributed by atoms with Gasteiger partial charge in [0, 0.05) is 6.54 Å². The van der Waals surface area contributed by atoms with Gasteiger partial charge in [0.05, 0.1) is 24.7 Å². The minimum Gasteiger partial charge on any atom is -0.466 e. The first-order valence-corrected chi connectivity index (χ1v) is 6.06. The van der Waals surface area contributed by atoms with Crippen molar-refractivity contribution in [2.45, 2.75) is 33.2 Å². The molecule has 0 aliphatic carbocycles. The summed E-state index contributed by atoms with van der Waals surface area (Å²) in [4.78, 5) is 11.5. The van der Waals surface area contributed by atoms with Crippen molar-refractivity contribution in [2.75, 3.05) is 6.61 Å². The SMILES string of the molecule is CCOC(=O)Cc1cc(CC)c(C#N)cc1CN. The highest BCUT2D eigenvalue weighted by Gasteiger charge is 2.12. The van der Waals surface area contributed by atoms with Gasteiger partial charge in [-0.1, -0.05) is 13.0 Å². The number of esters is 1. The molecule has 1 aromatic carbocycles. The van der Waals surface area contributed by atoms with Crippen LogP contribution in [0.1, 0.15) is 36.1 Å². The van der Waals surface area contributed by atoms with Crippen LogP contribution in [0.2, 0.25) is 0 Å². The molecule has 0 spiro atoms. The average Bonchev–Trinajstić information content (AvgIpc) is 2.38. The van der Waals surface area contributed by atoms with E-state index < -0.39 is 0 Å². The third-order valence-electron chi connectivity index (χ3n) is 2.79. The van der Waals surface area contributed by atoms with Crippen molar-refractivity contribution in [3.05, 3.63) is 34.4 Å². The van der Waals surface area contributed by atoms with Gasteiger partial charge < -0.3 is 10.5 Å². The van der Waals surface area contributed by atoms with Gasteiger partial charge in [-0.25, -0.2) is 0 Å². The largest absolute Gasteiger partial charge is 0.466 e. The van der Waals surface area contributed by atoms with Crippen LogP contribution in [0, 0.1) is 11.3 Å². The Balaban J connectivity index is 3.10. The molecule has 0 atom stereocenters. The second kappa shape index (κ2) is 6.77. The second-order valence-electron chi connectivity index (χ2n) is 3.93. The maximum Gasteiger partial charge on any atom is 0.310 e. The maximum atomic E-state index is 11.5. The highest BCUT2D eigenvalue weighted by Crippen LogP contribution is 2.18. The van der Waals surface area contributed by atoms with Crippen LogP contribution >= 0.6 is 0 Å². The Morgan fingerprint density at radius 1 is 1.33 bits per heavy atom. The lowest BCUT2D eigenvalue weighted by Gasteiger charge is -2.11. The van der Waals surface area contributed by atoms with E-state index in [0.29, 0.717) is 18.7 Å². The zero-order chi connectivity index (χ0) is 13.5. The molecule has 0 saturated heterocycles. The third-order valence-corrected chi connectivity index (χ3v) is 2.79. The number of hydrogen-bond donors (Lipinski definition) is 1. The van der Waals surface area contributed by atoms with Crippen molar-refractivity contribution in [2.24, 2.45) is 5.73 Å². The van der Waals surface area contributed by atoms with Gasteiger partial charge >= 0.3 is 5.97 Å². The van der Waals surface area contributed by atoms with Gasteiger partial charge in [-0.15, -0.1) is 0 Å². The van der Waals surface area contributed by atoms with E-state index in [-0.39, 0.29) is 12.4 Å². The number of benzene rings is 1. The van der Waals surface area contributed by atoms with Crippen molar-refractivity contribution in [3.63, 3.8) is 0 Å². The molecule has 0 heterocycles. The van der Waals surface area contributed by atoms with Crippen LogP contribution in [0.3, 0.4) is 0 Å². The van der Waals surface area contributed by atoms with Crippen molar-refractivity contribution >= 4 is 5.97 Å². The molecule has 18 heavy (non-hydrogen) atoms. The Hall–Kier alpha value is -1.86. The van der Waals surface area contributed by atoms with Crippen LogP contribution in [0.25, 0.3) is 0 Å². The molecule has 96 valence electrons. The van der Waals surface area contributed by atoms with Crippen LogP contribution in [0.15, 0.2) is 12.1 Å². The van der Waals surface area contributed by atoms with E-state index >= 15 is 0 Å². The smallest absolute Gasteiger partial charge is 0.310 e. The lowest BCUT2D eigenvalue weighted by Crippen LogP contribution is -2.12. The second-order valence-corrected chi connectivity index (χ2v) is 3.93. The molecular weight excluding hydrogens is 228 g/mol. The molecule has 2 N–H and O–H groups in total. The molecule has 1 aromatic rings. The summed E-state index contributed by atoms with van der Waals surface area (Å²) in [5.74, 6) is -0.265. The monoisotopic (exact) mass is 246 g/mol. The predicted molar refractivity (Wildman–Crippen MR) is 68.8 cm³/mol. The standard InChI is InChI=1S/C14H18N2O2/c1-3-10-5-11(7-14(17)18-4-2)13(9-16)6-12(10)8-15/h5-6H,3-4,7,9,16H2,1-2H3. The fourth-order valence-corrected chi connectivity index (χ4v) is 1.86. The van der Waals surface area contributed by atoms with E-state index in [2.05, 4.69) is 6.07 Å². The van der Waals surface area contributed by atoms with Gasteiger partial charge in [-0.2, -0.15) is 5.26 Å². The number of rotatable bonds is 5. The molecule has 0 aliphatic rings. The Morgan fingerprint density at radius 2 is 2.06 bits per heavy atom. The molecule has 4 nitrogen and oxygen atoms in total. The molecule has 0 saturated carbocycles. The summed E-state index contributed by atoms with van der Waals surface area (Å²) in [5, 5.41) is 9.04. The number of ether oxygens (including phenoxy) is 1. The molecule has 0 aliphatic heterocycles. The van der Waals surface area contributed by atoms with Crippen LogP contribution < -0.4 is 5.73 Å².